The van der Waals surface area contributed by atoms with Gasteiger partial charge in [0, 0.05) is 6.61 Å². The Hall–Kier alpha value is 0.559. The summed E-state index contributed by atoms with van der Waals surface area (Å²) >= 11 is 0.300. The number of rotatable bonds is 2. The maximum atomic E-state index is 8.34. The number of aliphatic hydroxyl groups excluding tert-OH is 1. The quantitative estimate of drug-likeness (QED) is 0.663. The molecule has 0 spiro atoms. The van der Waals surface area contributed by atoms with Crippen LogP contribution in [-0.4, -0.2) is 34.2 Å². The molecular weight excluding hydrogens is 199 g/mol. The van der Waals surface area contributed by atoms with Crippen LogP contribution in [0.25, 0.3) is 0 Å². The van der Waals surface area contributed by atoms with Crippen molar-refractivity contribution in [2.45, 2.75) is 19.8 Å². The first-order chi connectivity index (χ1) is 3.41. The normalized spacial score (nSPS) is 6.57. The summed E-state index contributed by atoms with van der Waals surface area (Å²) in [7, 11) is 0. The van der Waals surface area contributed by atoms with E-state index < -0.39 is 0 Å². The molecule has 0 aliphatic carbocycles. The molecule has 0 atom stereocenters. The van der Waals surface area contributed by atoms with E-state index in [2.05, 4.69) is 6.92 Å². The summed E-state index contributed by atoms with van der Waals surface area (Å²) in [6.07, 6.45) is 2.04. The second-order valence-corrected chi connectivity index (χ2v) is 1.08. The van der Waals surface area contributed by atoms with E-state index in [1.807, 2.05) is 0 Å². The third kappa shape index (κ3) is 20.8. The fourth-order valence-electron chi connectivity index (χ4n) is 0.158. The molecule has 7 heavy (non-hydrogen) atoms. The molecule has 0 aliphatic heterocycles. The van der Waals surface area contributed by atoms with Gasteiger partial charge in [0.15, 0.2) is 0 Å². The molecule has 2 nitrogen and oxygen atoms in total. The molecule has 2 radical (unpaired) electrons. The third-order valence-electron chi connectivity index (χ3n) is 0.512. The van der Waals surface area contributed by atoms with Gasteiger partial charge in [0.05, 0.1) is 0 Å². The van der Waals surface area contributed by atoms with Crippen molar-refractivity contribution in [1.29, 1.82) is 0 Å². The topological polar surface area (TPSA) is 37.3 Å². The van der Waals surface area contributed by atoms with Crippen molar-refractivity contribution in [2.75, 3.05) is 6.61 Å². The SMILES string of the molecule is CCCCO.[O]=[Sn]. The van der Waals surface area contributed by atoms with Gasteiger partial charge in [0.2, 0.25) is 0 Å². The Kier molecular flexibility index (Phi) is 24.1. The molecule has 0 rings (SSSR count). The van der Waals surface area contributed by atoms with E-state index in [1.165, 1.54) is 0 Å². The molecule has 3 heteroatoms. The van der Waals surface area contributed by atoms with Crippen molar-refractivity contribution in [3.05, 3.63) is 0 Å². The molecular formula is C4H10O2Sn. The Bertz CT molecular complexity index is 23.7. The van der Waals surface area contributed by atoms with Crippen LogP contribution in [0.5, 0.6) is 0 Å². The third-order valence-corrected chi connectivity index (χ3v) is 0.512. The van der Waals surface area contributed by atoms with E-state index >= 15 is 0 Å². The summed E-state index contributed by atoms with van der Waals surface area (Å²) in [5.41, 5.74) is 0. The zero-order valence-corrected chi connectivity index (χ0v) is 7.33. The monoisotopic (exact) mass is 210 g/mol. The van der Waals surface area contributed by atoms with Crippen molar-refractivity contribution in [1.82, 2.24) is 0 Å². The van der Waals surface area contributed by atoms with Gasteiger partial charge in [-0.2, -0.15) is 0 Å². The molecule has 0 bridgehead atoms. The first-order valence-corrected chi connectivity index (χ1v) is 3.39. The van der Waals surface area contributed by atoms with Gasteiger partial charge in [-0.3, -0.25) is 0 Å². The Morgan fingerprint density at radius 3 is 2.00 bits per heavy atom. The van der Waals surface area contributed by atoms with Gasteiger partial charge < -0.3 is 5.11 Å². The molecule has 1 N–H and O–H groups in total. The van der Waals surface area contributed by atoms with Gasteiger partial charge in [-0.05, 0) is 6.42 Å². The van der Waals surface area contributed by atoms with Crippen molar-refractivity contribution in [3.8, 4) is 0 Å². The summed E-state index contributed by atoms with van der Waals surface area (Å²) < 4.78 is 8.34. The molecule has 42 valence electrons. The minimum atomic E-state index is 0.300. The predicted molar refractivity (Wildman–Crippen MR) is 28.4 cm³/mol. The zero-order valence-electron chi connectivity index (χ0n) is 4.48. The fraction of sp³-hybridized carbons (Fsp3) is 1.00. The number of unbranched alkanes of at least 4 members (excludes halogenated alkanes) is 1. The molecule has 0 aromatic rings. The van der Waals surface area contributed by atoms with E-state index in [0.717, 1.165) is 12.8 Å². The van der Waals surface area contributed by atoms with Crippen LogP contribution in [-0.2, 0) is 3.08 Å². The van der Waals surface area contributed by atoms with E-state index in [4.69, 9.17) is 8.18 Å². The van der Waals surface area contributed by atoms with Crippen LogP contribution in [0.2, 0.25) is 0 Å². The van der Waals surface area contributed by atoms with Gasteiger partial charge in [-0.1, -0.05) is 13.3 Å². The van der Waals surface area contributed by atoms with Gasteiger partial charge in [0.25, 0.3) is 0 Å². The number of hydrogen-bond donors (Lipinski definition) is 1. The van der Waals surface area contributed by atoms with Crippen molar-refractivity contribution < 1.29 is 8.18 Å². The predicted octanol–water partition coefficient (Wildman–Crippen LogP) is 0.279. The molecule has 0 amide bonds. The Morgan fingerprint density at radius 1 is 1.57 bits per heavy atom. The summed E-state index contributed by atoms with van der Waals surface area (Å²) in [6, 6.07) is 0. The summed E-state index contributed by atoms with van der Waals surface area (Å²) in [6.45, 7) is 2.40. The maximum absolute atomic E-state index is 8.34. The number of aliphatic hydroxyl groups is 1. The Labute approximate surface area is 57.4 Å². The van der Waals surface area contributed by atoms with Crippen LogP contribution in [0, 0.1) is 0 Å². The van der Waals surface area contributed by atoms with Crippen LogP contribution in [0.15, 0.2) is 0 Å². The van der Waals surface area contributed by atoms with Crippen LogP contribution < -0.4 is 0 Å². The summed E-state index contributed by atoms with van der Waals surface area (Å²) in [4.78, 5) is 0. The first-order valence-electron chi connectivity index (χ1n) is 2.23. The van der Waals surface area contributed by atoms with Crippen molar-refractivity contribution >= 4 is 22.5 Å². The van der Waals surface area contributed by atoms with Crippen LogP contribution in [0.1, 0.15) is 19.8 Å². The average molecular weight is 209 g/mol. The van der Waals surface area contributed by atoms with Crippen molar-refractivity contribution in [2.24, 2.45) is 0 Å². The first kappa shape index (κ1) is 10.5. The van der Waals surface area contributed by atoms with Crippen LogP contribution in [0.3, 0.4) is 0 Å². The van der Waals surface area contributed by atoms with Gasteiger partial charge in [0.1, 0.15) is 0 Å². The molecule has 0 saturated carbocycles. The van der Waals surface area contributed by atoms with E-state index in [0.29, 0.717) is 29.1 Å². The second-order valence-electron chi connectivity index (χ2n) is 1.08. The summed E-state index contributed by atoms with van der Waals surface area (Å²) in [5.74, 6) is 0. The number of hydrogen-bond acceptors (Lipinski definition) is 2. The molecule has 0 fully saturated rings. The molecule has 0 heterocycles. The van der Waals surface area contributed by atoms with Gasteiger partial charge in [-0.25, -0.2) is 0 Å². The standard InChI is InChI=1S/C4H10O.O.Sn/c1-2-3-4-5;;/h5H,2-4H2,1H3;;. The fourth-order valence-corrected chi connectivity index (χ4v) is 0.158. The molecule has 0 aliphatic rings. The zero-order chi connectivity index (χ0) is 6.12. The Morgan fingerprint density at radius 2 is 2.00 bits per heavy atom. The molecule has 0 aromatic heterocycles. The van der Waals surface area contributed by atoms with Gasteiger partial charge in [-0.15, -0.1) is 0 Å². The Balaban J connectivity index is 0. The molecule has 0 unspecified atom stereocenters. The molecule has 0 aromatic carbocycles. The minimum absolute atomic E-state index is 0.300. The van der Waals surface area contributed by atoms with E-state index in [1.54, 1.807) is 0 Å². The summed E-state index contributed by atoms with van der Waals surface area (Å²) in [5, 5.41) is 8.07. The van der Waals surface area contributed by atoms with Gasteiger partial charge >= 0.3 is 25.6 Å². The molecule has 0 saturated heterocycles. The van der Waals surface area contributed by atoms with Crippen molar-refractivity contribution in [3.63, 3.8) is 0 Å². The van der Waals surface area contributed by atoms with E-state index in [9.17, 15) is 0 Å². The second kappa shape index (κ2) is 16.0. The van der Waals surface area contributed by atoms with Crippen LogP contribution >= 0.6 is 0 Å². The van der Waals surface area contributed by atoms with Crippen LogP contribution in [0.4, 0.5) is 0 Å². The average Bonchev–Trinajstić information content (AvgIpc) is 1.75. The van der Waals surface area contributed by atoms with E-state index in [-0.39, 0.29) is 0 Å².